The van der Waals surface area contributed by atoms with Gasteiger partial charge in [0.05, 0.1) is 18.0 Å². The van der Waals surface area contributed by atoms with Gasteiger partial charge in [0.25, 0.3) is 18.4 Å². The van der Waals surface area contributed by atoms with Gasteiger partial charge in [0.15, 0.2) is 5.69 Å². The van der Waals surface area contributed by atoms with E-state index in [1.165, 1.54) is 24.4 Å². The van der Waals surface area contributed by atoms with Crippen molar-refractivity contribution in [1.82, 2.24) is 9.55 Å². The number of halogens is 5. The zero-order valence-corrected chi connectivity index (χ0v) is 15.7. The molecule has 30 heavy (non-hydrogen) atoms. The molecule has 1 aliphatic heterocycles. The Kier molecular flexibility index (Phi) is 6.47. The van der Waals surface area contributed by atoms with E-state index in [9.17, 15) is 22.4 Å². The number of aromatic nitrogens is 2. The number of hydrogen-bond donors (Lipinski definition) is 0. The van der Waals surface area contributed by atoms with Gasteiger partial charge < -0.3 is 4.74 Å². The van der Waals surface area contributed by atoms with Crippen molar-refractivity contribution in [2.45, 2.75) is 25.8 Å². The van der Waals surface area contributed by atoms with Gasteiger partial charge in [-0.2, -0.15) is 15.5 Å². The molecule has 0 amide bonds. The SMILES string of the molecule is N#Cc1cc(Cl)cc(Oc2c(C(F)F)ncn(CC3C=NN=C(C(F)F)C3)c2=O)c1. The predicted octanol–water partition coefficient (Wildman–Crippen LogP) is 4.21. The van der Waals surface area contributed by atoms with Crippen LogP contribution in [-0.2, 0) is 6.54 Å². The lowest BCUT2D eigenvalue weighted by molar-refractivity contribution is 0.141. The van der Waals surface area contributed by atoms with Gasteiger partial charge in [0, 0.05) is 30.1 Å². The molecule has 1 aromatic heterocycles. The number of rotatable bonds is 6. The van der Waals surface area contributed by atoms with Gasteiger partial charge in [-0.15, -0.1) is 0 Å². The molecule has 0 N–H and O–H groups in total. The quantitative estimate of drug-likeness (QED) is 0.628. The minimum Gasteiger partial charge on any atom is -0.449 e. The summed E-state index contributed by atoms with van der Waals surface area (Å²) >= 11 is 5.87. The summed E-state index contributed by atoms with van der Waals surface area (Å²) in [7, 11) is 0. The van der Waals surface area contributed by atoms with Crippen LogP contribution in [0.3, 0.4) is 0 Å². The average Bonchev–Trinajstić information content (AvgIpc) is 2.70. The van der Waals surface area contributed by atoms with Crippen molar-refractivity contribution in [2.24, 2.45) is 16.1 Å². The second kappa shape index (κ2) is 9.04. The molecular formula is C18H12ClF4N5O2. The highest BCUT2D eigenvalue weighted by atomic mass is 35.5. The van der Waals surface area contributed by atoms with Crippen LogP contribution in [-0.4, -0.2) is 27.9 Å². The summed E-state index contributed by atoms with van der Waals surface area (Å²) in [4.78, 5) is 16.4. The Bertz CT molecular complexity index is 1110. The van der Waals surface area contributed by atoms with Crippen LogP contribution in [0.25, 0.3) is 0 Å². The fraction of sp³-hybridized carbons (Fsp3) is 0.278. The molecular weight excluding hydrogens is 430 g/mol. The van der Waals surface area contributed by atoms with Crippen LogP contribution < -0.4 is 10.3 Å². The van der Waals surface area contributed by atoms with E-state index in [2.05, 4.69) is 15.2 Å². The second-order valence-electron chi connectivity index (χ2n) is 6.23. The van der Waals surface area contributed by atoms with Gasteiger partial charge in [0.2, 0.25) is 5.75 Å². The van der Waals surface area contributed by atoms with E-state index in [0.29, 0.717) is 0 Å². The van der Waals surface area contributed by atoms with Crippen LogP contribution in [0.1, 0.15) is 24.1 Å². The van der Waals surface area contributed by atoms with Gasteiger partial charge in [-0.1, -0.05) is 11.6 Å². The lowest BCUT2D eigenvalue weighted by atomic mass is 10.0. The molecule has 7 nitrogen and oxygen atoms in total. The molecule has 0 fully saturated rings. The van der Waals surface area contributed by atoms with E-state index in [4.69, 9.17) is 21.6 Å². The molecule has 1 aliphatic rings. The van der Waals surface area contributed by atoms with E-state index < -0.39 is 41.5 Å². The number of hydrogen-bond acceptors (Lipinski definition) is 6. The van der Waals surface area contributed by atoms with E-state index >= 15 is 0 Å². The Balaban J connectivity index is 1.94. The molecule has 2 heterocycles. The molecule has 3 rings (SSSR count). The summed E-state index contributed by atoms with van der Waals surface area (Å²) in [5.74, 6) is -1.48. The number of benzene rings is 1. The maximum absolute atomic E-state index is 13.4. The lowest BCUT2D eigenvalue weighted by Gasteiger charge is -2.18. The Morgan fingerprint density at radius 3 is 2.70 bits per heavy atom. The first-order valence-electron chi connectivity index (χ1n) is 8.42. The van der Waals surface area contributed by atoms with Crippen molar-refractivity contribution in [1.29, 1.82) is 5.26 Å². The highest BCUT2D eigenvalue weighted by Gasteiger charge is 2.25. The first-order valence-corrected chi connectivity index (χ1v) is 8.80. The molecule has 156 valence electrons. The van der Waals surface area contributed by atoms with Crippen LogP contribution in [0, 0.1) is 17.2 Å². The maximum Gasteiger partial charge on any atom is 0.296 e. The number of nitriles is 1. The van der Waals surface area contributed by atoms with Crippen LogP contribution in [0.15, 0.2) is 39.5 Å². The molecule has 12 heteroatoms. The fourth-order valence-corrected chi connectivity index (χ4v) is 2.95. The zero-order valence-electron chi connectivity index (χ0n) is 15.0. The topological polar surface area (TPSA) is 92.6 Å². The number of ether oxygens (including phenoxy) is 1. The highest BCUT2D eigenvalue weighted by Crippen LogP contribution is 2.30. The zero-order chi connectivity index (χ0) is 21.8. The monoisotopic (exact) mass is 441 g/mol. The van der Waals surface area contributed by atoms with Crippen LogP contribution in [0.5, 0.6) is 11.5 Å². The predicted molar refractivity (Wildman–Crippen MR) is 99.7 cm³/mol. The molecule has 1 aromatic carbocycles. The Morgan fingerprint density at radius 1 is 1.27 bits per heavy atom. The van der Waals surface area contributed by atoms with E-state index in [1.807, 2.05) is 6.07 Å². The molecule has 2 aromatic rings. The van der Waals surface area contributed by atoms with Crippen molar-refractivity contribution in [2.75, 3.05) is 0 Å². The summed E-state index contributed by atoms with van der Waals surface area (Å²) in [6, 6.07) is 5.62. The maximum atomic E-state index is 13.4. The van der Waals surface area contributed by atoms with Crippen LogP contribution in [0.2, 0.25) is 5.02 Å². The third-order valence-corrected chi connectivity index (χ3v) is 4.29. The van der Waals surface area contributed by atoms with Gasteiger partial charge in [-0.05, 0) is 18.2 Å². The van der Waals surface area contributed by atoms with Crippen LogP contribution >= 0.6 is 11.6 Å². The lowest BCUT2D eigenvalue weighted by Crippen LogP contribution is -2.30. The van der Waals surface area contributed by atoms with Gasteiger partial charge in [-0.25, -0.2) is 22.5 Å². The third kappa shape index (κ3) is 4.83. The van der Waals surface area contributed by atoms with Gasteiger partial charge >= 0.3 is 0 Å². The second-order valence-corrected chi connectivity index (χ2v) is 6.66. The van der Waals surface area contributed by atoms with Crippen molar-refractivity contribution in [3.8, 4) is 17.6 Å². The van der Waals surface area contributed by atoms with E-state index in [0.717, 1.165) is 10.9 Å². The summed E-state index contributed by atoms with van der Waals surface area (Å²) < 4.78 is 58.7. The molecule has 0 saturated carbocycles. The number of alkyl halides is 4. The van der Waals surface area contributed by atoms with Crippen molar-refractivity contribution in [3.05, 3.63) is 51.2 Å². The smallest absolute Gasteiger partial charge is 0.296 e. The molecule has 1 unspecified atom stereocenters. The van der Waals surface area contributed by atoms with Crippen molar-refractivity contribution < 1.29 is 22.3 Å². The third-order valence-electron chi connectivity index (χ3n) is 4.07. The first kappa shape index (κ1) is 21.4. The minimum absolute atomic E-state index is 0.0949. The summed E-state index contributed by atoms with van der Waals surface area (Å²) in [5, 5.41) is 16.0. The Morgan fingerprint density at radius 2 is 2.03 bits per heavy atom. The molecule has 0 spiro atoms. The average molecular weight is 442 g/mol. The molecule has 0 radical (unpaired) electrons. The Hall–Kier alpha value is -3.26. The molecule has 0 saturated heterocycles. The van der Waals surface area contributed by atoms with Crippen molar-refractivity contribution >= 4 is 23.5 Å². The number of nitrogens with zero attached hydrogens (tertiary/aromatic N) is 5. The normalized spacial score (nSPS) is 15.9. The van der Waals surface area contributed by atoms with Gasteiger partial charge in [0.1, 0.15) is 11.5 Å². The van der Waals surface area contributed by atoms with E-state index in [1.54, 1.807) is 0 Å². The summed E-state index contributed by atoms with van der Waals surface area (Å²) in [6.45, 7) is -0.153. The van der Waals surface area contributed by atoms with E-state index in [-0.39, 0.29) is 29.3 Å². The molecule has 0 bridgehead atoms. The van der Waals surface area contributed by atoms with Crippen LogP contribution in [0.4, 0.5) is 17.6 Å². The minimum atomic E-state index is -3.12. The molecule has 1 atom stereocenters. The summed E-state index contributed by atoms with van der Waals surface area (Å²) in [6.07, 6.45) is -3.89. The molecule has 0 aliphatic carbocycles. The standard InChI is InChI=1S/C18H12ClF4N5O2/c19-11-1-9(5-24)2-12(4-11)30-15-14(17(22)23)25-8-28(18(15)29)7-10-3-13(16(20)21)27-26-6-10/h1-2,4,6,8,10,16-17H,3,7H2. The van der Waals surface area contributed by atoms with Crippen molar-refractivity contribution in [3.63, 3.8) is 0 Å². The first-order chi connectivity index (χ1) is 14.3. The highest BCUT2D eigenvalue weighted by molar-refractivity contribution is 6.30. The Labute approximate surface area is 171 Å². The fourth-order valence-electron chi connectivity index (χ4n) is 2.73. The van der Waals surface area contributed by atoms with Gasteiger partial charge in [-0.3, -0.25) is 9.36 Å². The largest absolute Gasteiger partial charge is 0.449 e. The summed E-state index contributed by atoms with van der Waals surface area (Å²) in [5.41, 5.74) is -2.19.